The lowest BCUT2D eigenvalue weighted by Gasteiger charge is -2.01. The number of para-hydroxylation sites is 1. The number of aromatic hydroxyl groups is 1. The maximum Gasteiger partial charge on any atom is 0.161 e. The predicted molar refractivity (Wildman–Crippen MR) is 77.8 cm³/mol. The van der Waals surface area contributed by atoms with Crippen LogP contribution in [0.25, 0.3) is 0 Å². The average Bonchev–Trinajstić information content (AvgIpc) is 2.49. The van der Waals surface area contributed by atoms with Crippen molar-refractivity contribution in [3.05, 3.63) is 53.6 Å². The van der Waals surface area contributed by atoms with Crippen LogP contribution in [0.4, 0.5) is 0 Å². The van der Waals surface area contributed by atoms with Crippen molar-refractivity contribution < 1.29 is 19.4 Å². The maximum absolute atomic E-state index is 10.2. The molecule has 0 aliphatic carbocycles. The van der Waals surface area contributed by atoms with Crippen LogP contribution in [-0.4, -0.2) is 25.6 Å². The highest BCUT2D eigenvalue weighted by atomic mass is 16.5. The minimum absolute atomic E-state index is 0.0399. The Morgan fingerprint density at radius 3 is 2.15 bits per heavy atom. The smallest absolute Gasteiger partial charge is 0.161 e. The zero-order valence-electron chi connectivity index (χ0n) is 11.8. The second-order valence-electron chi connectivity index (χ2n) is 4.02. The topological polar surface area (TPSA) is 55.8 Å². The SMILES string of the molecule is COc1cc(C=O)ccc1O.COc1ccccc1C. The van der Waals surface area contributed by atoms with E-state index in [9.17, 15) is 4.79 Å². The molecule has 4 heteroatoms. The van der Waals surface area contributed by atoms with Gasteiger partial charge in [0, 0.05) is 5.56 Å². The highest BCUT2D eigenvalue weighted by Crippen LogP contribution is 2.25. The number of carbonyl (C=O) groups is 1. The van der Waals surface area contributed by atoms with E-state index < -0.39 is 0 Å². The summed E-state index contributed by atoms with van der Waals surface area (Å²) in [5, 5.41) is 9.09. The number of ether oxygens (including phenoxy) is 2. The van der Waals surface area contributed by atoms with Gasteiger partial charge < -0.3 is 14.6 Å². The molecule has 0 unspecified atom stereocenters. The van der Waals surface area contributed by atoms with Gasteiger partial charge in [-0.25, -0.2) is 0 Å². The number of aldehydes is 1. The Kier molecular flexibility index (Phi) is 6.10. The van der Waals surface area contributed by atoms with Crippen LogP contribution < -0.4 is 9.47 Å². The number of rotatable bonds is 3. The van der Waals surface area contributed by atoms with Gasteiger partial charge in [-0.05, 0) is 36.8 Å². The standard InChI is InChI=1S/C8H8O3.C8H10O/c1-11-8-4-6(5-9)2-3-7(8)10;1-7-5-3-4-6-8(7)9-2/h2-5,10H,1H3;3-6H,1-2H3. The van der Waals surface area contributed by atoms with Crippen LogP contribution in [-0.2, 0) is 0 Å². The van der Waals surface area contributed by atoms with Gasteiger partial charge in [-0.15, -0.1) is 0 Å². The molecule has 2 rings (SSSR count). The third-order valence-corrected chi connectivity index (χ3v) is 2.65. The van der Waals surface area contributed by atoms with Crippen LogP contribution in [0.3, 0.4) is 0 Å². The first kappa shape index (κ1) is 15.6. The van der Waals surface area contributed by atoms with Gasteiger partial charge >= 0.3 is 0 Å². The zero-order valence-corrected chi connectivity index (χ0v) is 11.8. The highest BCUT2D eigenvalue weighted by Gasteiger charge is 2.00. The minimum atomic E-state index is 0.0399. The molecule has 0 aliphatic rings. The van der Waals surface area contributed by atoms with Gasteiger partial charge in [-0.1, -0.05) is 18.2 Å². The van der Waals surface area contributed by atoms with E-state index in [2.05, 4.69) is 0 Å². The molecule has 0 saturated heterocycles. The van der Waals surface area contributed by atoms with E-state index in [0.717, 1.165) is 5.75 Å². The van der Waals surface area contributed by atoms with Gasteiger partial charge in [0.05, 0.1) is 14.2 Å². The largest absolute Gasteiger partial charge is 0.504 e. The molecular weight excluding hydrogens is 256 g/mol. The Balaban J connectivity index is 0.000000204. The minimum Gasteiger partial charge on any atom is -0.504 e. The third kappa shape index (κ3) is 4.31. The van der Waals surface area contributed by atoms with E-state index in [4.69, 9.17) is 14.6 Å². The second-order valence-corrected chi connectivity index (χ2v) is 4.02. The molecule has 106 valence electrons. The summed E-state index contributed by atoms with van der Waals surface area (Å²) in [5.41, 5.74) is 1.67. The molecule has 1 N–H and O–H groups in total. The lowest BCUT2D eigenvalue weighted by molar-refractivity contribution is 0.112. The van der Waals surface area contributed by atoms with E-state index in [0.29, 0.717) is 17.6 Å². The first-order valence-electron chi connectivity index (χ1n) is 6.04. The van der Waals surface area contributed by atoms with Crippen LogP contribution in [0, 0.1) is 6.92 Å². The molecule has 2 aromatic carbocycles. The summed E-state index contributed by atoms with van der Waals surface area (Å²) < 4.78 is 9.82. The number of benzene rings is 2. The van der Waals surface area contributed by atoms with Crippen molar-refractivity contribution >= 4 is 6.29 Å². The lowest BCUT2D eigenvalue weighted by Crippen LogP contribution is -1.85. The molecule has 0 bridgehead atoms. The fourth-order valence-electron chi connectivity index (χ4n) is 1.55. The zero-order chi connectivity index (χ0) is 15.0. The molecule has 0 saturated carbocycles. The van der Waals surface area contributed by atoms with E-state index >= 15 is 0 Å². The number of methoxy groups -OCH3 is 2. The van der Waals surface area contributed by atoms with Gasteiger partial charge in [0.2, 0.25) is 0 Å². The van der Waals surface area contributed by atoms with Crippen LogP contribution in [0.15, 0.2) is 42.5 Å². The Labute approximate surface area is 118 Å². The van der Waals surface area contributed by atoms with Crippen LogP contribution in [0.2, 0.25) is 0 Å². The Morgan fingerprint density at radius 2 is 1.65 bits per heavy atom. The molecule has 0 aliphatic heterocycles. The van der Waals surface area contributed by atoms with E-state index in [-0.39, 0.29) is 5.75 Å². The van der Waals surface area contributed by atoms with E-state index in [1.807, 2.05) is 31.2 Å². The molecular formula is C16H18O4. The monoisotopic (exact) mass is 274 g/mol. The second kappa shape index (κ2) is 7.84. The van der Waals surface area contributed by atoms with Crippen molar-refractivity contribution in [2.75, 3.05) is 14.2 Å². The quantitative estimate of drug-likeness (QED) is 0.873. The number of hydrogen-bond acceptors (Lipinski definition) is 4. The Morgan fingerprint density at radius 1 is 1.00 bits per heavy atom. The molecule has 0 fully saturated rings. The van der Waals surface area contributed by atoms with Crippen molar-refractivity contribution in [1.29, 1.82) is 0 Å². The summed E-state index contributed by atoms with van der Waals surface area (Å²) in [6.45, 7) is 2.03. The van der Waals surface area contributed by atoms with Crippen LogP contribution >= 0.6 is 0 Å². The fourth-order valence-corrected chi connectivity index (χ4v) is 1.55. The molecule has 4 nitrogen and oxygen atoms in total. The Bertz CT molecular complexity index is 564. The number of aryl methyl sites for hydroxylation is 1. The van der Waals surface area contributed by atoms with Gasteiger partial charge in [-0.3, -0.25) is 4.79 Å². The summed E-state index contributed by atoms with van der Waals surface area (Å²) >= 11 is 0. The summed E-state index contributed by atoms with van der Waals surface area (Å²) in [4.78, 5) is 10.2. The number of carbonyl (C=O) groups excluding carboxylic acids is 1. The summed E-state index contributed by atoms with van der Waals surface area (Å²) in [6, 6.07) is 12.4. The molecule has 0 heterocycles. The summed E-state index contributed by atoms with van der Waals surface area (Å²) in [6.07, 6.45) is 0.696. The molecule has 0 aromatic heterocycles. The van der Waals surface area contributed by atoms with Gasteiger partial charge in [0.25, 0.3) is 0 Å². The van der Waals surface area contributed by atoms with Crippen molar-refractivity contribution in [1.82, 2.24) is 0 Å². The van der Waals surface area contributed by atoms with Crippen molar-refractivity contribution in [3.8, 4) is 17.2 Å². The molecule has 2 aromatic rings. The van der Waals surface area contributed by atoms with Gasteiger partial charge in [0.15, 0.2) is 11.5 Å². The Hall–Kier alpha value is -2.49. The number of hydrogen-bond donors (Lipinski definition) is 1. The molecule has 0 radical (unpaired) electrons. The first-order valence-corrected chi connectivity index (χ1v) is 6.04. The van der Waals surface area contributed by atoms with Crippen LogP contribution in [0.1, 0.15) is 15.9 Å². The third-order valence-electron chi connectivity index (χ3n) is 2.65. The van der Waals surface area contributed by atoms with E-state index in [1.54, 1.807) is 7.11 Å². The predicted octanol–water partition coefficient (Wildman–Crippen LogP) is 3.22. The van der Waals surface area contributed by atoms with Crippen LogP contribution in [0.5, 0.6) is 17.2 Å². The van der Waals surface area contributed by atoms with Crippen molar-refractivity contribution in [2.24, 2.45) is 0 Å². The number of phenols is 1. The lowest BCUT2D eigenvalue weighted by atomic mass is 10.2. The normalized spacial score (nSPS) is 9.15. The van der Waals surface area contributed by atoms with Crippen molar-refractivity contribution in [3.63, 3.8) is 0 Å². The highest BCUT2D eigenvalue weighted by molar-refractivity contribution is 5.76. The maximum atomic E-state index is 10.2. The summed E-state index contributed by atoms with van der Waals surface area (Å²) in [7, 11) is 3.12. The summed E-state index contributed by atoms with van der Waals surface area (Å²) in [5.74, 6) is 1.31. The van der Waals surface area contributed by atoms with Crippen molar-refractivity contribution in [2.45, 2.75) is 6.92 Å². The molecule has 0 atom stereocenters. The molecule has 0 spiro atoms. The number of phenolic OH excluding ortho intramolecular Hbond substituents is 1. The molecule has 20 heavy (non-hydrogen) atoms. The van der Waals surface area contributed by atoms with Gasteiger partial charge in [0.1, 0.15) is 12.0 Å². The first-order chi connectivity index (χ1) is 9.62. The van der Waals surface area contributed by atoms with Gasteiger partial charge in [-0.2, -0.15) is 0 Å². The average molecular weight is 274 g/mol. The molecule has 0 amide bonds. The fraction of sp³-hybridized carbons (Fsp3) is 0.188. The van der Waals surface area contributed by atoms with E-state index in [1.165, 1.54) is 30.9 Å².